The van der Waals surface area contributed by atoms with Crippen molar-refractivity contribution in [1.29, 1.82) is 0 Å². The molecular weight excluding hydrogens is 212 g/mol. The Bertz CT molecular complexity index is 285. The van der Waals surface area contributed by atoms with Crippen LogP contribution < -0.4 is 5.32 Å². The fourth-order valence-corrected chi connectivity index (χ4v) is 2.46. The van der Waals surface area contributed by atoms with Crippen LogP contribution in [0.1, 0.15) is 40.5 Å². The van der Waals surface area contributed by atoms with Gasteiger partial charge in [-0.25, -0.2) is 0 Å². The van der Waals surface area contributed by atoms with Gasteiger partial charge >= 0.3 is 0 Å². The Morgan fingerprint density at radius 3 is 2.53 bits per heavy atom. The summed E-state index contributed by atoms with van der Waals surface area (Å²) in [6.45, 7) is 14.5. The van der Waals surface area contributed by atoms with Crippen molar-refractivity contribution in [2.75, 3.05) is 19.6 Å². The summed E-state index contributed by atoms with van der Waals surface area (Å²) in [5.74, 6) is 0.275. The van der Waals surface area contributed by atoms with Gasteiger partial charge in [-0.05, 0) is 40.2 Å². The number of carbonyl (C=O) groups is 1. The maximum Gasteiger partial charge on any atom is 0.230 e. The van der Waals surface area contributed by atoms with E-state index in [0.29, 0.717) is 6.54 Å². The molecule has 1 amide bonds. The molecule has 1 unspecified atom stereocenters. The van der Waals surface area contributed by atoms with Gasteiger partial charge in [0.25, 0.3) is 0 Å². The topological polar surface area (TPSA) is 32.3 Å². The van der Waals surface area contributed by atoms with Crippen molar-refractivity contribution >= 4 is 5.91 Å². The molecule has 0 aromatic carbocycles. The van der Waals surface area contributed by atoms with Crippen molar-refractivity contribution < 1.29 is 4.79 Å². The Morgan fingerprint density at radius 1 is 1.53 bits per heavy atom. The van der Waals surface area contributed by atoms with E-state index >= 15 is 0 Å². The van der Waals surface area contributed by atoms with Crippen molar-refractivity contribution in [2.45, 2.75) is 46.1 Å². The van der Waals surface area contributed by atoms with Crippen molar-refractivity contribution in [1.82, 2.24) is 10.2 Å². The lowest BCUT2D eigenvalue weighted by Crippen LogP contribution is -2.53. The van der Waals surface area contributed by atoms with Crippen molar-refractivity contribution in [3.8, 4) is 0 Å². The van der Waals surface area contributed by atoms with E-state index in [4.69, 9.17) is 0 Å². The van der Waals surface area contributed by atoms with Crippen LogP contribution in [0.3, 0.4) is 0 Å². The predicted molar refractivity (Wildman–Crippen MR) is 71.9 cm³/mol. The minimum absolute atomic E-state index is 0.143. The second kappa shape index (κ2) is 5.21. The SMILES string of the molecule is C=CCN(C(=O)C1(CC)CCNC1)C(C)(C)C. The van der Waals surface area contributed by atoms with E-state index in [1.807, 2.05) is 11.0 Å². The maximum atomic E-state index is 12.8. The number of carbonyl (C=O) groups excluding carboxylic acids is 1. The van der Waals surface area contributed by atoms with E-state index in [1.165, 1.54) is 0 Å². The van der Waals surface area contributed by atoms with Crippen LogP contribution in [0.15, 0.2) is 12.7 Å². The second-order valence-electron chi connectivity index (χ2n) is 5.94. The van der Waals surface area contributed by atoms with Crippen LogP contribution in [-0.2, 0) is 4.79 Å². The average molecular weight is 238 g/mol. The standard InChI is InChI=1S/C14H26N2O/c1-6-10-16(13(3,4)5)12(17)14(7-2)8-9-15-11-14/h6,15H,1,7-11H2,2-5H3. The number of hydrogen-bond acceptors (Lipinski definition) is 2. The highest BCUT2D eigenvalue weighted by Gasteiger charge is 2.44. The smallest absolute Gasteiger partial charge is 0.230 e. The Hall–Kier alpha value is -0.830. The van der Waals surface area contributed by atoms with Gasteiger partial charge in [0.2, 0.25) is 5.91 Å². The first-order valence-electron chi connectivity index (χ1n) is 6.51. The minimum atomic E-state index is -0.198. The Balaban J connectivity index is 2.94. The molecule has 0 bridgehead atoms. The highest BCUT2D eigenvalue weighted by atomic mass is 16.2. The number of hydrogen-bond donors (Lipinski definition) is 1. The molecule has 0 aromatic rings. The molecule has 1 aliphatic rings. The van der Waals surface area contributed by atoms with Crippen molar-refractivity contribution in [3.05, 3.63) is 12.7 Å². The summed E-state index contributed by atoms with van der Waals surface area (Å²) in [5, 5.41) is 3.32. The Kier molecular flexibility index (Phi) is 4.36. The van der Waals surface area contributed by atoms with E-state index < -0.39 is 0 Å². The molecule has 1 atom stereocenters. The lowest BCUT2D eigenvalue weighted by molar-refractivity contribution is -0.145. The van der Waals surface area contributed by atoms with E-state index in [2.05, 4.69) is 39.6 Å². The molecule has 3 nitrogen and oxygen atoms in total. The monoisotopic (exact) mass is 238 g/mol. The summed E-state index contributed by atoms with van der Waals surface area (Å²) < 4.78 is 0. The van der Waals surface area contributed by atoms with E-state index in [0.717, 1.165) is 25.9 Å². The zero-order valence-electron chi connectivity index (χ0n) is 11.7. The zero-order valence-corrected chi connectivity index (χ0v) is 11.7. The Labute approximate surface area is 105 Å². The van der Waals surface area contributed by atoms with E-state index in [9.17, 15) is 4.79 Å². The molecule has 17 heavy (non-hydrogen) atoms. The van der Waals surface area contributed by atoms with Gasteiger partial charge in [-0.1, -0.05) is 13.0 Å². The zero-order chi connectivity index (χ0) is 13.1. The van der Waals surface area contributed by atoms with Crippen LogP contribution in [0, 0.1) is 5.41 Å². The van der Waals surface area contributed by atoms with Gasteiger partial charge in [0.05, 0.1) is 5.41 Å². The maximum absolute atomic E-state index is 12.8. The largest absolute Gasteiger partial charge is 0.334 e. The van der Waals surface area contributed by atoms with Gasteiger partial charge in [0.1, 0.15) is 0 Å². The molecule has 0 aromatic heterocycles. The summed E-state index contributed by atoms with van der Waals surface area (Å²) in [4.78, 5) is 14.7. The van der Waals surface area contributed by atoms with Crippen LogP contribution in [-0.4, -0.2) is 36.0 Å². The molecule has 98 valence electrons. The number of nitrogens with one attached hydrogen (secondary N) is 1. The molecule has 1 heterocycles. The first-order valence-corrected chi connectivity index (χ1v) is 6.51. The second-order valence-corrected chi connectivity index (χ2v) is 5.94. The van der Waals surface area contributed by atoms with Crippen molar-refractivity contribution in [2.24, 2.45) is 5.41 Å². The van der Waals surface area contributed by atoms with Gasteiger partial charge in [0.15, 0.2) is 0 Å². The molecule has 1 fully saturated rings. The van der Waals surface area contributed by atoms with Gasteiger partial charge in [-0.2, -0.15) is 0 Å². The number of nitrogens with zero attached hydrogens (tertiary/aromatic N) is 1. The van der Waals surface area contributed by atoms with Crippen LogP contribution in [0.25, 0.3) is 0 Å². The fraction of sp³-hybridized carbons (Fsp3) is 0.786. The van der Waals surface area contributed by atoms with Crippen LogP contribution >= 0.6 is 0 Å². The fourth-order valence-electron chi connectivity index (χ4n) is 2.46. The summed E-state index contributed by atoms with van der Waals surface area (Å²) in [7, 11) is 0. The summed E-state index contributed by atoms with van der Waals surface area (Å²) in [5.41, 5.74) is -0.341. The average Bonchev–Trinajstić information content (AvgIpc) is 2.73. The highest BCUT2D eigenvalue weighted by molar-refractivity contribution is 5.84. The lowest BCUT2D eigenvalue weighted by Gasteiger charge is -2.41. The van der Waals surface area contributed by atoms with E-state index in [1.54, 1.807) is 0 Å². The quantitative estimate of drug-likeness (QED) is 0.761. The third kappa shape index (κ3) is 2.89. The third-order valence-corrected chi connectivity index (χ3v) is 3.74. The first-order chi connectivity index (χ1) is 7.87. The molecule has 1 N–H and O–H groups in total. The molecule has 0 aliphatic carbocycles. The molecule has 0 radical (unpaired) electrons. The number of rotatable bonds is 4. The van der Waals surface area contributed by atoms with Crippen LogP contribution in [0.5, 0.6) is 0 Å². The lowest BCUT2D eigenvalue weighted by atomic mass is 9.81. The van der Waals surface area contributed by atoms with Gasteiger partial charge < -0.3 is 10.2 Å². The van der Waals surface area contributed by atoms with Crippen molar-refractivity contribution in [3.63, 3.8) is 0 Å². The summed E-state index contributed by atoms with van der Waals surface area (Å²) in [6, 6.07) is 0. The first kappa shape index (κ1) is 14.2. The molecule has 1 saturated heterocycles. The summed E-state index contributed by atoms with van der Waals surface area (Å²) >= 11 is 0. The normalized spacial score (nSPS) is 24.7. The Morgan fingerprint density at radius 2 is 2.18 bits per heavy atom. The van der Waals surface area contributed by atoms with Crippen LogP contribution in [0.4, 0.5) is 0 Å². The van der Waals surface area contributed by atoms with Gasteiger partial charge in [-0.3, -0.25) is 4.79 Å². The van der Waals surface area contributed by atoms with Gasteiger partial charge in [-0.15, -0.1) is 6.58 Å². The van der Waals surface area contributed by atoms with E-state index in [-0.39, 0.29) is 16.9 Å². The molecular formula is C14H26N2O. The molecule has 1 aliphatic heterocycles. The van der Waals surface area contributed by atoms with Gasteiger partial charge in [0, 0.05) is 18.6 Å². The number of amides is 1. The van der Waals surface area contributed by atoms with Crippen LogP contribution in [0.2, 0.25) is 0 Å². The highest BCUT2D eigenvalue weighted by Crippen LogP contribution is 2.34. The molecule has 1 rings (SSSR count). The molecule has 0 spiro atoms. The molecule has 3 heteroatoms. The predicted octanol–water partition coefficient (Wildman–Crippen LogP) is 2.19. The molecule has 0 saturated carbocycles. The minimum Gasteiger partial charge on any atom is -0.334 e. The third-order valence-electron chi connectivity index (χ3n) is 3.74. The summed E-state index contributed by atoms with van der Waals surface area (Å²) in [6.07, 6.45) is 3.67.